The van der Waals surface area contributed by atoms with Crippen LogP contribution in [-0.4, -0.2) is 16.7 Å². The molecule has 1 N–H and O–H groups in total. The van der Waals surface area contributed by atoms with Gasteiger partial charge in [-0.3, -0.25) is 4.98 Å². The molecule has 1 aromatic heterocycles. The molecule has 21 heavy (non-hydrogen) atoms. The Kier molecular flexibility index (Phi) is 5.24. The van der Waals surface area contributed by atoms with Gasteiger partial charge in [0.05, 0.1) is 12.8 Å². The summed E-state index contributed by atoms with van der Waals surface area (Å²) in [7, 11) is 0. The molecule has 0 amide bonds. The lowest BCUT2D eigenvalue weighted by atomic mass is 10.2. The number of nitrogens with zero attached hydrogens (tertiary/aromatic N) is 1. The molecule has 0 radical (unpaired) electrons. The molecule has 0 aliphatic heterocycles. The van der Waals surface area contributed by atoms with Gasteiger partial charge in [0.1, 0.15) is 24.0 Å². The maximum atomic E-state index is 13.5. The average molecular weight is 289 g/mol. The predicted octanol–water partition coefficient (Wildman–Crippen LogP) is 2.67. The summed E-state index contributed by atoms with van der Waals surface area (Å²) in [5, 5.41) is 8.65. The van der Waals surface area contributed by atoms with E-state index in [0.29, 0.717) is 17.7 Å². The van der Waals surface area contributed by atoms with Crippen LogP contribution >= 0.6 is 0 Å². The molecule has 108 valence electrons. The minimum Gasteiger partial charge on any atom is -0.487 e. The normalized spacial score (nSPS) is 9.86. The van der Waals surface area contributed by atoms with Crippen molar-refractivity contribution in [2.24, 2.45) is 0 Å². The highest BCUT2D eigenvalue weighted by Crippen LogP contribution is 2.15. The molecular weight excluding hydrogens is 276 g/mol. The van der Waals surface area contributed by atoms with Crippen LogP contribution in [-0.2, 0) is 6.61 Å². The Bertz CT molecular complexity index is 677. The van der Waals surface area contributed by atoms with Crippen molar-refractivity contribution in [2.75, 3.05) is 6.61 Å². The van der Waals surface area contributed by atoms with E-state index in [1.807, 2.05) is 0 Å². The van der Waals surface area contributed by atoms with Crippen molar-refractivity contribution in [1.82, 2.24) is 4.98 Å². The molecule has 0 aliphatic rings. The number of hydrogen-bond acceptors (Lipinski definition) is 3. The van der Waals surface area contributed by atoms with Crippen LogP contribution in [0.4, 0.5) is 8.78 Å². The zero-order chi connectivity index (χ0) is 15.1. The monoisotopic (exact) mass is 289 g/mol. The van der Waals surface area contributed by atoms with Gasteiger partial charge in [0, 0.05) is 29.8 Å². The summed E-state index contributed by atoms with van der Waals surface area (Å²) in [4.78, 5) is 3.97. The highest BCUT2D eigenvalue weighted by atomic mass is 19.1. The highest BCUT2D eigenvalue weighted by molar-refractivity contribution is 5.36. The molecular formula is C16H13F2NO2. The van der Waals surface area contributed by atoms with Crippen LogP contribution in [0.25, 0.3) is 0 Å². The van der Waals surface area contributed by atoms with E-state index in [2.05, 4.69) is 16.8 Å². The van der Waals surface area contributed by atoms with Gasteiger partial charge in [-0.25, -0.2) is 8.78 Å². The summed E-state index contributed by atoms with van der Waals surface area (Å²) in [5.74, 6) is 4.76. The first-order valence-corrected chi connectivity index (χ1v) is 6.30. The smallest absolute Gasteiger partial charge is 0.139 e. The van der Waals surface area contributed by atoms with Crippen molar-refractivity contribution >= 4 is 0 Å². The lowest BCUT2D eigenvalue weighted by molar-refractivity contribution is 0.298. The van der Waals surface area contributed by atoms with E-state index >= 15 is 0 Å². The standard InChI is InChI=1S/C16H13F2NO2/c17-14-5-4-13(16(18)8-14)11-21-15-7-12(9-19-10-15)3-1-2-6-20/h4-5,7-10,20H,2,6,11H2. The molecule has 0 saturated carbocycles. The second-order valence-corrected chi connectivity index (χ2v) is 4.21. The third-order valence-electron chi connectivity index (χ3n) is 2.59. The number of ether oxygens (including phenoxy) is 1. The molecule has 0 unspecified atom stereocenters. The van der Waals surface area contributed by atoms with Gasteiger partial charge in [0.25, 0.3) is 0 Å². The first-order chi connectivity index (χ1) is 10.2. The fourth-order valence-electron chi connectivity index (χ4n) is 1.59. The zero-order valence-electron chi connectivity index (χ0n) is 11.1. The number of benzene rings is 1. The fourth-order valence-corrected chi connectivity index (χ4v) is 1.59. The molecule has 2 aromatic rings. The van der Waals surface area contributed by atoms with Crippen molar-refractivity contribution in [3.05, 3.63) is 59.4 Å². The topological polar surface area (TPSA) is 42.4 Å². The van der Waals surface area contributed by atoms with Gasteiger partial charge in [0.15, 0.2) is 0 Å². The van der Waals surface area contributed by atoms with Crippen LogP contribution in [0, 0.1) is 23.5 Å². The molecule has 0 fully saturated rings. The van der Waals surface area contributed by atoms with Crippen LogP contribution in [0.1, 0.15) is 17.5 Å². The third-order valence-corrected chi connectivity index (χ3v) is 2.59. The summed E-state index contributed by atoms with van der Waals surface area (Å²) < 4.78 is 31.7. The van der Waals surface area contributed by atoms with Gasteiger partial charge < -0.3 is 9.84 Å². The van der Waals surface area contributed by atoms with E-state index in [1.54, 1.807) is 12.3 Å². The van der Waals surface area contributed by atoms with Crippen molar-refractivity contribution < 1.29 is 18.6 Å². The number of rotatable bonds is 4. The number of aliphatic hydroxyl groups is 1. The molecule has 1 aromatic carbocycles. The van der Waals surface area contributed by atoms with Gasteiger partial charge in [-0.05, 0) is 18.2 Å². The maximum absolute atomic E-state index is 13.5. The number of halogens is 2. The maximum Gasteiger partial charge on any atom is 0.139 e. The number of hydrogen-bond donors (Lipinski definition) is 1. The second-order valence-electron chi connectivity index (χ2n) is 4.21. The molecule has 0 spiro atoms. The Morgan fingerprint density at radius 1 is 1.19 bits per heavy atom. The van der Waals surface area contributed by atoms with Crippen LogP contribution in [0.3, 0.4) is 0 Å². The van der Waals surface area contributed by atoms with Gasteiger partial charge in [0.2, 0.25) is 0 Å². The summed E-state index contributed by atoms with van der Waals surface area (Å²) in [6.07, 6.45) is 3.43. The largest absolute Gasteiger partial charge is 0.487 e. The minimum absolute atomic E-state index is 0.000459. The first kappa shape index (κ1) is 14.9. The number of aromatic nitrogens is 1. The molecule has 2 rings (SSSR count). The van der Waals surface area contributed by atoms with E-state index in [1.165, 1.54) is 18.3 Å². The summed E-state index contributed by atoms with van der Waals surface area (Å²) in [6.45, 7) is -0.0260. The van der Waals surface area contributed by atoms with E-state index < -0.39 is 11.6 Å². The molecule has 0 saturated heterocycles. The Labute approximate surface area is 121 Å². The Hall–Kier alpha value is -2.45. The molecule has 1 heterocycles. The van der Waals surface area contributed by atoms with Crippen LogP contribution in [0.15, 0.2) is 36.7 Å². The van der Waals surface area contributed by atoms with Crippen molar-refractivity contribution in [3.8, 4) is 17.6 Å². The Morgan fingerprint density at radius 3 is 2.81 bits per heavy atom. The van der Waals surface area contributed by atoms with Gasteiger partial charge in [-0.2, -0.15) is 0 Å². The quantitative estimate of drug-likeness (QED) is 0.880. The lowest BCUT2D eigenvalue weighted by Gasteiger charge is -2.07. The SMILES string of the molecule is OCCC#Cc1cncc(OCc2ccc(F)cc2F)c1. The van der Waals surface area contributed by atoms with E-state index in [4.69, 9.17) is 9.84 Å². The number of aliphatic hydroxyl groups excluding tert-OH is 1. The van der Waals surface area contributed by atoms with Crippen LogP contribution in [0.2, 0.25) is 0 Å². The van der Waals surface area contributed by atoms with Crippen molar-refractivity contribution in [3.63, 3.8) is 0 Å². The lowest BCUT2D eigenvalue weighted by Crippen LogP contribution is -1.99. The minimum atomic E-state index is -0.651. The Balaban J connectivity index is 2.03. The molecule has 0 atom stereocenters. The van der Waals surface area contributed by atoms with Crippen LogP contribution in [0.5, 0.6) is 5.75 Å². The van der Waals surface area contributed by atoms with Gasteiger partial charge in [-0.15, -0.1) is 0 Å². The zero-order valence-corrected chi connectivity index (χ0v) is 11.1. The summed E-state index contributed by atoms with van der Waals surface area (Å²) in [6, 6.07) is 4.99. The molecule has 3 nitrogen and oxygen atoms in total. The Morgan fingerprint density at radius 2 is 2.05 bits per heavy atom. The van der Waals surface area contributed by atoms with E-state index in [9.17, 15) is 8.78 Å². The molecule has 5 heteroatoms. The predicted molar refractivity (Wildman–Crippen MR) is 73.5 cm³/mol. The third kappa shape index (κ3) is 4.55. The second kappa shape index (κ2) is 7.36. The number of pyridine rings is 1. The summed E-state index contributed by atoms with van der Waals surface area (Å²) >= 11 is 0. The molecule has 0 bridgehead atoms. The summed E-state index contributed by atoms with van der Waals surface area (Å²) in [5.41, 5.74) is 0.897. The van der Waals surface area contributed by atoms with Crippen LogP contribution < -0.4 is 4.74 Å². The molecule has 0 aliphatic carbocycles. The highest BCUT2D eigenvalue weighted by Gasteiger charge is 2.05. The van der Waals surface area contributed by atoms with Gasteiger partial charge >= 0.3 is 0 Å². The average Bonchev–Trinajstić information content (AvgIpc) is 2.47. The van der Waals surface area contributed by atoms with Crippen molar-refractivity contribution in [2.45, 2.75) is 13.0 Å². The van der Waals surface area contributed by atoms with E-state index in [0.717, 1.165) is 6.07 Å². The fraction of sp³-hybridized carbons (Fsp3) is 0.188. The van der Waals surface area contributed by atoms with Crippen molar-refractivity contribution in [1.29, 1.82) is 0 Å². The first-order valence-electron chi connectivity index (χ1n) is 6.30. The van der Waals surface area contributed by atoms with Gasteiger partial charge in [-0.1, -0.05) is 11.8 Å². The van der Waals surface area contributed by atoms with E-state index in [-0.39, 0.29) is 18.8 Å².